The highest BCUT2D eigenvalue weighted by Gasteiger charge is 2.23. The van der Waals surface area contributed by atoms with Crippen molar-refractivity contribution in [2.75, 3.05) is 19.7 Å². The number of furan rings is 1. The first-order valence-electron chi connectivity index (χ1n) is 6.58. The third kappa shape index (κ3) is 4.38. The molecular formula is C13H19IN2O3. The molecule has 0 bridgehead atoms. The smallest absolute Gasteiger partial charge is 0.409 e. The van der Waals surface area contributed by atoms with Crippen molar-refractivity contribution in [2.45, 2.75) is 32.4 Å². The Balaban J connectivity index is 1.70. The van der Waals surface area contributed by atoms with Gasteiger partial charge in [0.1, 0.15) is 5.76 Å². The van der Waals surface area contributed by atoms with Gasteiger partial charge < -0.3 is 19.4 Å². The van der Waals surface area contributed by atoms with Crippen LogP contribution < -0.4 is 5.32 Å². The van der Waals surface area contributed by atoms with Gasteiger partial charge in [-0.05, 0) is 54.5 Å². The Hall–Kier alpha value is -0.760. The summed E-state index contributed by atoms with van der Waals surface area (Å²) in [6.07, 6.45) is 1.72. The lowest BCUT2D eigenvalue weighted by Crippen LogP contribution is -2.44. The molecule has 0 atom stereocenters. The second-order valence-corrected chi connectivity index (χ2v) is 5.61. The van der Waals surface area contributed by atoms with E-state index in [2.05, 4.69) is 27.9 Å². The van der Waals surface area contributed by atoms with Crippen LogP contribution in [0.5, 0.6) is 0 Å². The zero-order valence-corrected chi connectivity index (χ0v) is 13.2. The molecular weight excluding hydrogens is 359 g/mol. The summed E-state index contributed by atoms with van der Waals surface area (Å²) in [6.45, 7) is 4.52. The van der Waals surface area contributed by atoms with Gasteiger partial charge in [0.25, 0.3) is 0 Å². The maximum atomic E-state index is 11.6. The number of hydrogen-bond acceptors (Lipinski definition) is 4. The quantitative estimate of drug-likeness (QED) is 0.819. The lowest BCUT2D eigenvalue weighted by Gasteiger charge is -2.31. The van der Waals surface area contributed by atoms with Gasteiger partial charge in [0.2, 0.25) is 0 Å². The SMILES string of the molecule is CCOC(=O)N1CCC(NCc2ccc(I)o2)CC1. The predicted octanol–water partition coefficient (Wildman–Crippen LogP) is 2.59. The first kappa shape index (κ1) is 14.6. The number of likely N-dealkylation sites (tertiary alicyclic amines) is 1. The number of piperidine rings is 1. The summed E-state index contributed by atoms with van der Waals surface area (Å²) >= 11 is 2.16. The molecule has 1 saturated heterocycles. The zero-order valence-electron chi connectivity index (χ0n) is 11.0. The summed E-state index contributed by atoms with van der Waals surface area (Å²) < 4.78 is 11.4. The number of carbonyl (C=O) groups is 1. The molecule has 0 spiro atoms. The van der Waals surface area contributed by atoms with E-state index in [4.69, 9.17) is 9.15 Å². The molecule has 1 fully saturated rings. The Bertz CT molecular complexity index is 414. The first-order valence-corrected chi connectivity index (χ1v) is 7.66. The minimum atomic E-state index is -0.193. The Labute approximate surface area is 126 Å². The van der Waals surface area contributed by atoms with Crippen molar-refractivity contribution in [3.8, 4) is 0 Å². The zero-order chi connectivity index (χ0) is 13.7. The molecule has 0 aromatic carbocycles. The molecule has 1 aliphatic rings. The van der Waals surface area contributed by atoms with Gasteiger partial charge in [0.05, 0.1) is 13.2 Å². The van der Waals surface area contributed by atoms with Crippen molar-refractivity contribution in [2.24, 2.45) is 0 Å². The van der Waals surface area contributed by atoms with Gasteiger partial charge in [0, 0.05) is 19.1 Å². The molecule has 1 amide bonds. The number of amides is 1. The summed E-state index contributed by atoms with van der Waals surface area (Å²) in [7, 11) is 0. The molecule has 0 radical (unpaired) electrons. The summed E-state index contributed by atoms with van der Waals surface area (Å²) in [5, 5.41) is 3.47. The molecule has 0 aliphatic carbocycles. The van der Waals surface area contributed by atoms with Crippen LogP contribution in [0.2, 0.25) is 0 Å². The summed E-state index contributed by atoms with van der Waals surface area (Å²) in [5.74, 6) is 0.956. The van der Waals surface area contributed by atoms with Crippen LogP contribution in [-0.4, -0.2) is 36.7 Å². The van der Waals surface area contributed by atoms with E-state index < -0.39 is 0 Å². The normalized spacial score (nSPS) is 16.6. The summed E-state index contributed by atoms with van der Waals surface area (Å²) in [5.41, 5.74) is 0. The van der Waals surface area contributed by atoms with Crippen molar-refractivity contribution in [3.05, 3.63) is 21.7 Å². The number of carbonyl (C=O) groups excluding carboxylic acids is 1. The molecule has 5 nitrogen and oxygen atoms in total. The minimum Gasteiger partial charge on any atom is -0.454 e. The fraction of sp³-hybridized carbons (Fsp3) is 0.615. The Kier molecular flexibility index (Phi) is 5.50. The van der Waals surface area contributed by atoms with E-state index in [0.717, 1.165) is 42.0 Å². The van der Waals surface area contributed by atoms with Crippen molar-refractivity contribution in [3.63, 3.8) is 0 Å². The molecule has 106 valence electrons. The molecule has 0 unspecified atom stereocenters. The van der Waals surface area contributed by atoms with Crippen LogP contribution in [0.1, 0.15) is 25.5 Å². The Morgan fingerprint density at radius 1 is 1.53 bits per heavy atom. The van der Waals surface area contributed by atoms with Crippen LogP contribution >= 0.6 is 22.6 Å². The maximum absolute atomic E-state index is 11.6. The molecule has 2 rings (SSSR count). The van der Waals surface area contributed by atoms with E-state index >= 15 is 0 Å². The maximum Gasteiger partial charge on any atom is 0.409 e. The van der Waals surface area contributed by atoms with Crippen molar-refractivity contribution in [1.29, 1.82) is 0 Å². The third-order valence-corrected chi connectivity index (χ3v) is 3.79. The average Bonchev–Trinajstić information content (AvgIpc) is 2.83. The highest BCUT2D eigenvalue weighted by molar-refractivity contribution is 14.1. The van der Waals surface area contributed by atoms with Gasteiger partial charge in [-0.2, -0.15) is 0 Å². The molecule has 19 heavy (non-hydrogen) atoms. The van der Waals surface area contributed by atoms with E-state index in [1.807, 2.05) is 19.1 Å². The number of ether oxygens (including phenoxy) is 1. The molecule has 1 N–H and O–H groups in total. The minimum absolute atomic E-state index is 0.193. The van der Waals surface area contributed by atoms with Crippen LogP contribution in [-0.2, 0) is 11.3 Å². The number of rotatable bonds is 4. The third-order valence-electron chi connectivity index (χ3n) is 3.21. The van der Waals surface area contributed by atoms with E-state index in [1.165, 1.54) is 0 Å². The van der Waals surface area contributed by atoms with Crippen molar-refractivity contribution < 1.29 is 13.9 Å². The molecule has 1 aliphatic heterocycles. The van der Waals surface area contributed by atoms with E-state index in [0.29, 0.717) is 12.6 Å². The Morgan fingerprint density at radius 3 is 2.84 bits per heavy atom. The fourth-order valence-corrected chi connectivity index (χ4v) is 2.64. The number of nitrogens with zero attached hydrogens (tertiary/aromatic N) is 1. The van der Waals surface area contributed by atoms with Crippen molar-refractivity contribution >= 4 is 28.7 Å². The van der Waals surface area contributed by atoms with Crippen LogP contribution in [0.3, 0.4) is 0 Å². The van der Waals surface area contributed by atoms with E-state index in [-0.39, 0.29) is 6.09 Å². The number of hydrogen-bond donors (Lipinski definition) is 1. The lowest BCUT2D eigenvalue weighted by atomic mass is 10.1. The molecule has 2 heterocycles. The molecule has 6 heteroatoms. The number of nitrogens with one attached hydrogen (secondary N) is 1. The predicted molar refractivity (Wildman–Crippen MR) is 79.9 cm³/mol. The molecule has 1 aromatic rings. The van der Waals surface area contributed by atoms with E-state index in [9.17, 15) is 4.79 Å². The average molecular weight is 378 g/mol. The first-order chi connectivity index (χ1) is 9.19. The molecule has 0 saturated carbocycles. The van der Waals surface area contributed by atoms with Gasteiger partial charge in [0.15, 0.2) is 3.77 Å². The summed E-state index contributed by atoms with van der Waals surface area (Å²) in [6, 6.07) is 4.39. The highest BCUT2D eigenvalue weighted by Crippen LogP contribution is 2.14. The second-order valence-electron chi connectivity index (χ2n) is 4.55. The monoisotopic (exact) mass is 378 g/mol. The summed E-state index contributed by atoms with van der Waals surface area (Å²) in [4.78, 5) is 13.3. The molecule has 1 aromatic heterocycles. The second kappa shape index (κ2) is 7.14. The largest absolute Gasteiger partial charge is 0.454 e. The fourth-order valence-electron chi connectivity index (χ4n) is 2.17. The highest BCUT2D eigenvalue weighted by atomic mass is 127. The van der Waals surface area contributed by atoms with Crippen LogP contribution in [0, 0.1) is 3.77 Å². The van der Waals surface area contributed by atoms with Gasteiger partial charge >= 0.3 is 6.09 Å². The topological polar surface area (TPSA) is 54.7 Å². The van der Waals surface area contributed by atoms with Crippen molar-refractivity contribution in [1.82, 2.24) is 10.2 Å². The van der Waals surface area contributed by atoms with E-state index in [1.54, 1.807) is 4.90 Å². The van der Waals surface area contributed by atoms with Gasteiger partial charge in [-0.1, -0.05) is 0 Å². The lowest BCUT2D eigenvalue weighted by molar-refractivity contribution is 0.0948. The van der Waals surface area contributed by atoms with Gasteiger partial charge in [-0.15, -0.1) is 0 Å². The number of halogens is 1. The van der Waals surface area contributed by atoms with Crippen LogP contribution in [0.15, 0.2) is 16.5 Å². The standard InChI is InChI=1S/C13H19IN2O3/c1-2-18-13(17)16-7-5-10(6-8-16)15-9-11-3-4-12(14)19-11/h3-4,10,15H,2,5-9H2,1H3. The Morgan fingerprint density at radius 2 is 2.26 bits per heavy atom. The van der Waals surface area contributed by atoms with Crippen LogP contribution in [0.25, 0.3) is 0 Å². The van der Waals surface area contributed by atoms with Gasteiger partial charge in [-0.25, -0.2) is 4.79 Å². The van der Waals surface area contributed by atoms with Gasteiger partial charge in [-0.3, -0.25) is 0 Å². The van der Waals surface area contributed by atoms with Crippen LogP contribution in [0.4, 0.5) is 4.79 Å².